The topological polar surface area (TPSA) is 71.6 Å². The van der Waals surface area contributed by atoms with E-state index in [-0.39, 0.29) is 6.04 Å². The molecule has 0 radical (unpaired) electrons. The molecule has 0 aromatic carbocycles. The molecule has 19 heavy (non-hydrogen) atoms. The summed E-state index contributed by atoms with van der Waals surface area (Å²) in [6.45, 7) is 3.76. The largest absolute Gasteiger partial charge is 0.388 e. The van der Waals surface area contributed by atoms with Crippen LogP contribution in [0.4, 0.5) is 5.82 Å². The normalized spacial score (nSPS) is 20.0. The molecule has 0 spiro atoms. The van der Waals surface area contributed by atoms with Gasteiger partial charge in [-0.25, -0.2) is 4.98 Å². The Morgan fingerprint density at radius 3 is 2.84 bits per heavy atom. The second-order valence-electron chi connectivity index (χ2n) is 5.43. The van der Waals surface area contributed by atoms with Crippen molar-refractivity contribution in [3.05, 3.63) is 23.9 Å². The van der Waals surface area contributed by atoms with Crippen molar-refractivity contribution in [2.75, 3.05) is 31.7 Å². The molecule has 1 aromatic heterocycles. The van der Waals surface area contributed by atoms with Gasteiger partial charge in [0.15, 0.2) is 0 Å². The fraction of sp³-hybridized carbons (Fsp3) is 0.643. The number of ether oxygens (including phenoxy) is 1. The molecule has 1 aliphatic rings. The van der Waals surface area contributed by atoms with E-state index in [1.807, 2.05) is 31.0 Å². The van der Waals surface area contributed by atoms with Gasteiger partial charge in [0.25, 0.3) is 0 Å². The average Bonchev–Trinajstić information content (AvgIpc) is 2.39. The maximum absolute atomic E-state index is 10.5. The molecule has 5 heteroatoms. The second-order valence-corrected chi connectivity index (χ2v) is 5.43. The molecule has 1 aromatic rings. The van der Waals surface area contributed by atoms with E-state index in [4.69, 9.17) is 10.5 Å². The van der Waals surface area contributed by atoms with Gasteiger partial charge < -0.3 is 20.5 Å². The molecule has 3 N–H and O–H groups in total. The van der Waals surface area contributed by atoms with Crippen molar-refractivity contribution in [1.82, 2.24) is 4.98 Å². The first-order valence-corrected chi connectivity index (χ1v) is 6.73. The molecule has 0 aliphatic carbocycles. The van der Waals surface area contributed by atoms with Gasteiger partial charge in [-0.15, -0.1) is 0 Å². The first-order chi connectivity index (χ1) is 9.00. The third kappa shape index (κ3) is 3.65. The van der Waals surface area contributed by atoms with Crippen LogP contribution in [0.1, 0.15) is 31.4 Å². The lowest BCUT2D eigenvalue weighted by Crippen LogP contribution is -2.46. The van der Waals surface area contributed by atoms with E-state index in [1.165, 1.54) is 0 Å². The summed E-state index contributed by atoms with van der Waals surface area (Å²) >= 11 is 0. The van der Waals surface area contributed by atoms with Crippen molar-refractivity contribution >= 4 is 5.82 Å². The lowest BCUT2D eigenvalue weighted by Gasteiger charge is -2.35. The summed E-state index contributed by atoms with van der Waals surface area (Å²) in [4.78, 5) is 6.33. The third-order valence-electron chi connectivity index (χ3n) is 3.64. The molecular formula is C14H23N3O2. The summed E-state index contributed by atoms with van der Waals surface area (Å²) in [5, 5.41) is 10.5. The van der Waals surface area contributed by atoms with E-state index in [1.54, 1.807) is 6.20 Å². The van der Waals surface area contributed by atoms with Gasteiger partial charge in [-0.2, -0.15) is 0 Å². The van der Waals surface area contributed by atoms with Crippen LogP contribution in [0.2, 0.25) is 0 Å². The Bertz CT molecular complexity index is 417. The van der Waals surface area contributed by atoms with Crippen LogP contribution in [0.3, 0.4) is 0 Å². The Kier molecular flexibility index (Phi) is 4.39. The van der Waals surface area contributed by atoms with Crippen LogP contribution >= 0.6 is 0 Å². The fourth-order valence-corrected chi connectivity index (χ4v) is 2.36. The Morgan fingerprint density at radius 2 is 2.21 bits per heavy atom. The number of pyridine rings is 1. The smallest absolute Gasteiger partial charge is 0.128 e. The van der Waals surface area contributed by atoms with Gasteiger partial charge in [-0.3, -0.25) is 0 Å². The molecule has 5 nitrogen and oxygen atoms in total. The molecule has 0 saturated carbocycles. The van der Waals surface area contributed by atoms with Crippen molar-refractivity contribution in [3.63, 3.8) is 0 Å². The molecule has 106 valence electrons. The molecule has 1 saturated heterocycles. The number of hydrogen-bond donors (Lipinski definition) is 2. The minimum atomic E-state index is -0.682. The van der Waals surface area contributed by atoms with E-state index < -0.39 is 5.60 Å². The standard InChI is InChI=1S/C14H23N3O2/c1-11(15)12-3-6-16-13(9-12)17(2)10-14(18)4-7-19-8-5-14/h3,6,9,11,18H,4-5,7-8,10,15H2,1-2H3/t11-/m1/s1. The van der Waals surface area contributed by atoms with Crippen LogP contribution in [0, 0.1) is 0 Å². The van der Waals surface area contributed by atoms with E-state index in [0.29, 0.717) is 32.6 Å². The van der Waals surface area contributed by atoms with Crippen molar-refractivity contribution in [2.24, 2.45) is 5.73 Å². The highest BCUT2D eigenvalue weighted by Gasteiger charge is 2.31. The summed E-state index contributed by atoms with van der Waals surface area (Å²) in [6, 6.07) is 3.89. The van der Waals surface area contributed by atoms with Gasteiger partial charge in [0.1, 0.15) is 5.82 Å². The van der Waals surface area contributed by atoms with Gasteiger partial charge in [-0.1, -0.05) is 0 Å². The monoisotopic (exact) mass is 265 g/mol. The minimum Gasteiger partial charge on any atom is -0.388 e. The van der Waals surface area contributed by atoms with Crippen LogP contribution in [-0.4, -0.2) is 42.5 Å². The summed E-state index contributed by atoms with van der Waals surface area (Å²) in [6.07, 6.45) is 3.10. The van der Waals surface area contributed by atoms with Crippen LogP contribution in [0.25, 0.3) is 0 Å². The van der Waals surface area contributed by atoms with Crippen molar-refractivity contribution in [1.29, 1.82) is 0 Å². The predicted octanol–water partition coefficient (Wildman–Crippen LogP) is 1.08. The molecule has 0 unspecified atom stereocenters. The molecule has 1 atom stereocenters. The molecular weight excluding hydrogens is 242 g/mol. The summed E-state index contributed by atoms with van der Waals surface area (Å²) in [5.74, 6) is 0.842. The SMILES string of the molecule is C[C@@H](N)c1ccnc(N(C)CC2(O)CCOCC2)c1. The zero-order valence-corrected chi connectivity index (χ0v) is 11.7. The first-order valence-electron chi connectivity index (χ1n) is 6.73. The quantitative estimate of drug-likeness (QED) is 0.852. The first kappa shape index (κ1) is 14.2. The van der Waals surface area contributed by atoms with Crippen LogP contribution in [-0.2, 0) is 4.74 Å². The Balaban J connectivity index is 2.06. The van der Waals surface area contributed by atoms with Crippen molar-refractivity contribution < 1.29 is 9.84 Å². The number of anilines is 1. The van der Waals surface area contributed by atoms with Crippen molar-refractivity contribution in [3.8, 4) is 0 Å². The average molecular weight is 265 g/mol. The number of rotatable bonds is 4. The van der Waals surface area contributed by atoms with Gasteiger partial charge in [0.2, 0.25) is 0 Å². The highest BCUT2D eigenvalue weighted by molar-refractivity contribution is 5.41. The number of aliphatic hydroxyl groups is 1. The third-order valence-corrected chi connectivity index (χ3v) is 3.64. The van der Waals surface area contributed by atoms with Crippen LogP contribution < -0.4 is 10.6 Å². The number of nitrogens with two attached hydrogens (primary N) is 1. The fourth-order valence-electron chi connectivity index (χ4n) is 2.36. The summed E-state index contributed by atoms with van der Waals surface area (Å²) < 4.78 is 5.29. The number of hydrogen-bond acceptors (Lipinski definition) is 5. The highest BCUT2D eigenvalue weighted by atomic mass is 16.5. The van der Waals surface area contributed by atoms with Gasteiger partial charge in [-0.05, 0) is 24.6 Å². The zero-order valence-electron chi connectivity index (χ0n) is 11.7. The zero-order chi connectivity index (χ0) is 13.9. The Labute approximate surface area is 114 Å². The molecule has 1 aliphatic heterocycles. The van der Waals surface area contributed by atoms with E-state index in [0.717, 1.165) is 11.4 Å². The maximum atomic E-state index is 10.5. The summed E-state index contributed by atoms with van der Waals surface area (Å²) in [7, 11) is 1.95. The maximum Gasteiger partial charge on any atom is 0.128 e. The number of likely N-dealkylation sites (N-methyl/N-ethyl adjacent to an activating group) is 1. The Morgan fingerprint density at radius 1 is 1.53 bits per heavy atom. The summed E-state index contributed by atoms with van der Waals surface area (Å²) in [5.41, 5.74) is 6.25. The molecule has 1 fully saturated rings. The highest BCUT2D eigenvalue weighted by Crippen LogP contribution is 2.24. The van der Waals surface area contributed by atoms with E-state index >= 15 is 0 Å². The molecule has 2 rings (SSSR count). The van der Waals surface area contributed by atoms with Crippen LogP contribution in [0.5, 0.6) is 0 Å². The lowest BCUT2D eigenvalue weighted by atomic mass is 9.94. The van der Waals surface area contributed by atoms with Gasteiger partial charge >= 0.3 is 0 Å². The van der Waals surface area contributed by atoms with Gasteiger partial charge in [0, 0.05) is 51.9 Å². The number of nitrogens with zero attached hydrogens (tertiary/aromatic N) is 2. The van der Waals surface area contributed by atoms with E-state index in [2.05, 4.69) is 4.98 Å². The van der Waals surface area contributed by atoms with E-state index in [9.17, 15) is 5.11 Å². The Hall–Kier alpha value is -1.17. The molecule has 0 amide bonds. The second kappa shape index (κ2) is 5.86. The van der Waals surface area contributed by atoms with Gasteiger partial charge in [0.05, 0.1) is 5.60 Å². The molecule has 2 heterocycles. The van der Waals surface area contributed by atoms with Crippen molar-refractivity contribution in [2.45, 2.75) is 31.4 Å². The minimum absolute atomic E-state index is 0.0127. The lowest BCUT2D eigenvalue weighted by molar-refractivity contribution is -0.0573. The molecule has 0 bridgehead atoms. The van der Waals surface area contributed by atoms with Crippen LogP contribution in [0.15, 0.2) is 18.3 Å². The number of aromatic nitrogens is 1. The predicted molar refractivity (Wildman–Crippen MR) is 75.1 cm³/mol.